The Morgan fingerprint density at radius 2 is 2.00 bits per heavy atom. The molecular weight excluding hydrogens is 223 g/mol. The zero-order chi connectivity index (χ0) is 12.9. The second kappa shape index (κ2) is 6.10. The van der Waals surface area contributed by atoms with Gasteiger partial charge < -0.3 is 14.6 Å². The Morgan fingerprint density at radius 3 is 2.53 bits per heavy atom. The minimum absolute atomic E-state index is 0.298. The largest absolute Gasteiger partial charge is 0.390 e. The van der Waals surface area contributed by atoms with Gasteiger partial charge in [0.15, 0.2) is 6.29 Å². The van der Waals surface area contributed by atoms with Crippen molar-refractivity contribution in [3.8, 4) is 0 Å². The van der Waals surface area contributed by atoms with Crippen LogP contribution in [-0.2, 0) is 15.9 Å². The normalized spacial score (nSPS) is 14.9. The summed E-state index contributed by atoms with van der Waals surface area (Å²) < 4.78 is 23.1. The maximum Gasteiger partial charge on any atom is 0.159 e. The van der Waals surface area contributed by atoms with Crippen LogP contribution in [0.15, 0.2) is 24.3 Å². The van der Waals surface area contributed by atoms with Crippen LogP contribution in [-0.4, -0.2) is 31.2 Å². The van der Waals surface area contributed by atoms with Crippen LogP contribution in [0.3, 0.4) is 0 Å². The lowest BCUT2D eigenvalue weighted by molar-refractivity contribution is -0.139. The number of ether oxygens (including phenoxy) is 2. The molecule has 4 heteroatoms. The average Bonchev–Trinajstić information content (AvgIpc) is 2.25. The predicted octanol–water partition coefficient (Wildman–Crippen LogP) is 2.13. The molecule has 17 heavy (non-hydrogen) atoms. The summed E-state index contributed by atoms with van der Waals surface area (Å²) >= 11 is 0. The highest BCUT2D eigenvalue weighted by atomic mass is 19.1. The summed E-state index contributed by atoms with van der Waals surface area (Å²) in [6, 6.07) is 6.21. The zero-order valence-corrected chi connectivity index (χ0v) is 10.4. The fourth-order valence-corrected chi connectivity index (χ4v) is 1.78. The van der Waals surface area contributed by atoms with Crippen LogP contribution >= 0.6 is 0 Å². The van der Waals surface area contributed by atoms with E-state index in [1.54, 1.807) is 19.1 Å². The number of rotatable bonds is 6. The highest BCUT2D eigenvalue weighted by Crippen LogP contribution is 2.20. The minimum Gasteiger partial charge on any atom is -0.390 e. The smallest absolute Gasteiger partial charge is 0.159 e. The Labute approximate surface area is 101 Å². The lowest BCUT2D eigenvalue weighted by Crippen LogP contribution is -2.34. The first-order valence-electron chi connectivity index (χ1n) is 5.49. The van der Waals surface area contributed by atoms with E-state index in [0.717, 1.165) is 5.56 Å². The van der Waals surface area contributed by atoms with E-state index in [1.165, 1.54) is 26.4 Å². The van der Waals surface area contributed by atoms with Crippen LogP contribution < -0.4 is 0 Å². The predicted molar refractivity (Wildman–Crippen MR) is 63.2 cm³/mol. The van der Waals surface area contributed by atoms with Gasteiger partial charge in [0.1, 0.15) is 5.82 Å². The lowest BCUT2D eigenvalue weighted by atomic mass is 9.93. The van der Waals surface area contributed by atoms with Crippen LogP contribution in [0.2, 0.25) is 0 Å². The molecular formula is C13H19FO3. The molecule has 0 spiro atoms. The summed E-state index contributed by atoms with van der Waals surface area (Å²) in [4.78, 5) is 0. The number of benzene rings is 1. The van der Waals surface area contributed by atoms with E-state index >= 15 is 0 Å². The van der Waals surface area contributed by atoms with Gasteiger partial charge in [0.05, 0.1) is 5.60 Å². The summed E-state index contributed by atoms with van der Waals surface area (Å²) in [5, 5.41) is 10.2. The quantitative estimate of drug-likeness (QED) is 0.777. The van der Waals surface area contributed by atoms with Gasteiger partial charge in [-0.15, -0.1) is 0 Å². The Morgan fingerprint density at radius 1 is 1.35 bits per heavy atom. The van der Waals surface area contributed by atoms with Gasteiger partial charge in [0.2, 0.25) is 0 Å². The molecule has 1 aromatic rings. The molecule has 0 heterocycles. The molecule has 1 N–H and O–H groups in total. The van der Waals surface area contributed by atoms with E-state index < -0.39 is 11.9 Å². The third-order valence-electron chi connectivity index (χ3n) is 2.61. The SMILES string of the molecule is COC(CC(C)(O)Cc1cccc(F)c1)OC. The number of methoxy groups -OCH3 is 2. The molecule has 1 rings (SSSR count). The van der Waals surface area contributed by atoms with Crippen molar-refractivity contribution in [1.82, 2.24) is 0 Å². The summed E-state index contributed by atoms with van der Waals surface area (Å²) in [6.07, 6.45) is 0.225. The fraction of sp³-hybridized carbons (Fsp3) is 0.538. The van der Waals surface area contributed by atoms with Gasteiger partial charge in [-0.2, -0.15) is 0 Å². The summed E-state index contributed by atoms with van der Waals surface area (Å²) in [5.74, 6) is -0.298. The third-order valence-corrected chi connectivity index (χ3v) is 2.61. The lowest BCUT2D eigenvalue weighted by Gasteiger charge is -2.27. The molecule has 0 radical (unpaired) electrons. The van der Waals surface area contributed by atoms with Gasteiger partial charge in [-0.05, 0) is 24.6 Å². The maximum atomic E-state index is 13.0. The van der Waals surface area contributed by atoms with Crippen molar-refractivity contribution in [3.63, 3.8) is 0 Å². The molecule has 96 valence electrons. The van der Waals surface area contributed by atoms with Crippen LogP contribution in [0.5, 0.6) is 0 Å². The monoisotopic (exact) mass is 242 g/mol. The van der Waals surface area contributed by atoms with E-state index in [9.17, 15) is 9.50 Å². The molecule has 0 aliphatic carbocycles. The zero-order valence-electron chi connectivity index (χ0n) is 10.4. The van der Waals surface area contributed by atoms with E-state index in [4.69, 9.17) is 9.47 Å². The van der Waals surface area contributed by atoms with Crippen LogP contribution in [0.4, 0.5) is 4.39 Å². The molecule has 0 aliphatic heterocycles. The van der Waals surface area contributed by atoms with Crippen LogP contribution in [0.25, 0.3) is 0 Å². The van der Waals surface area contributed by atoms with Crippen molar-refractivity contribution in [3.05, 3.63) is 35.6 Å². The highest BCUT2D eigenvalue weighted by molar-refractivity contribution is 5.18. The summed E-state index contributed by atoms with van der Waals surface area (Å²) in [7, 11) is 3.04. The maximum absolute atomic E-state index is 13.0. The average molecular weight is 242 g/mol. The first kappa shape index (κ1) is 14.1. The van der Waals surface area contributed by atoms with E-state index in [0.29, 0.717) is 12.8 Å². The van der Waals surface area contributed by atoms with Crippen molar-refractivity contribution in [1.29, 1.82) is 0 Å². The molecule has 0 bridgehead atoms. The Balaban J connectivity index is 2.65. The van der Waals surface area contributed by atoms with Crippen molar-refractivity contribution < 1.29 is 19.0 Å². The summed E-state index contributed by atoms with van der Waals surface area (Å²) in [6.45, 7) is 1.68. The number of hydrogen-bond acceptors (Lipinski definition) is 3. The van der Waals surface area contributed by atoms with Crippen molar-refractivity contribution in [2.75, 3.05) is 14.2 Å². The molecule has 0 fully saturated rings. The van der Waals surface area contributed by atoms with Crippen LogP contribution in [0, 0.1) is 5.82 Å². The molecule has 3 nitrogen and oxygen atoms in total. The van der Waals surface area contributed by atoms with Gasteiger partial charge >= 0.3 is 0 Å². The van der Waals surface area contributed by atoms with E-state index in [-0.39, 0.29) is 5.82 Å². The van der Waals surface area contributed by atoms with Crippen molar-refractivity contribution in [2.24, 2.45) is 0 Å². The standard InChI is InChI=1S/C13H19FO3/c1-13(15,9-12(16-2)17-3)8-10-5-4-6-11(14)7-10/h4-7,12,15H,8-9H2,1-3H3. The van der Waals surface area contributed by atoms with Gasteiger partial charge in [0, 0.05) is 27.1 Å². The highest BCUT2D eigenvalue weighted by Gasteiger charge is 2.26. The second-order valence-electron chi connectivity index (χ2n) is 4.41. The number of hydrogen-bond donors (Lipinski definition) is 1. The molecule has 0 aliphatic rings. The Kier molecular flexibility index (Phi) is 5.05. The van der Waals surface area contributed by atoms with Gasteiger partial charge in [0.25, 0.3) is 0 Å². The van der Waals surface area contributed by atoms with E-state index in [1.807, 2.05) is 0 Å². The second-order valence-corrected chi connectivity index (χ2v) is 4.41. The van der Waals surface area contributed by atoms with Gasteiger partial charge in [-0.1, -0.05) is 12.1 Å². The molecule has 1 aromatic carbocycles. The molecule has 0 aromatic heterocycles. The molecule has 0 saturated heterocycles. The topological polar surface area (TPSA) is 38.7 Å². The Bertz CT molecular complexity index is 348. The fourth-order valence-electron chi connectivity index (χ4n) is 1.78. The third kappa shape index (κ3) is 4.81. The minimum atomic E-state index is -0.996. The van der Waals surface area contributed by atoms with Crippen molar-refractivity contribution >= 4 is 0 Å². The first-order chi connectivity index (χ1) is 7.96. The molecule has 0 saturated carbocycles. The number of aliphatic hydroxyl groups is 1. The number of halogens is 1. The van der Waals surface area contributed by atoms with E-state index in [2.05, 4.69) is 0 Å². The Hall–Kier alpha value is -0.970. The van der Waals surface area contributed by atoms with Crippen molar-refractivity contribution in [2.45, 2.75) is 31.7 Å². The molecule has 0 amide bonds. The summed E-state index contributed by atoms with van der Waals surface area (Å²) in [5.41, 5.74) is -0.245. The molecule has 1 atom stereocenters. The first-order valence-corrected chi connectivity index (χ1v) is 5.49. The molecule has 1 unspecified atom stereocenters. The van der Waals surface area contributed by atoms with Gasteiger partial charge in [-0.25, -0.2) is 4.39 Å². The van der Waals surface area contributed by atoms with Crippen LogP contribution in [0.1, 0.15) is 18.9 Å². The van der Waals surface area contributed by atoms with Gasteiger partial charge in [-0.3, -0.25) is 0 Å².